The third-order valence-corrected chi connectivity index (χ3v) is 4.72. The van der Waals surface area contributed by atoms with Gasteiger partial charge >= 0.3 is 0 Å². The van der Waals surface area contributed by atoms with Crippen LogP contribution in [0.1, 0.15) is 38.4 Å². The SMILES string of the molecule is C=C(CC#N)N1C[C@H](C)C1CN(CC)c1ncnc(C)c1/C=C\C. The Hall–Kier alpha value is -2.35. The summed E-state index contributed by atoms with van der Waals surface area (Å²) in [6.07, 6.45) is 6.13. The Morgan fingerprint density at radius 3 is 2.88 bits per heavy atom. The summed E-state index contributed by atoms with van der Waals surface area (Å²) in [6.45, 7) is 15.2. The van der Waals surface area contributed by atoms with Gasteiger partial charge in [-0.25, -0.2) is 9.97 Å². The molecule has 0 radical (unpaired) electrons. The van der Waals surface area contributed by atoms with Crippen LogP contribution in [0.25, 0.3) is 6.08 Å². The third-order valence-electron chi connectivity index (χ3n) is 4.72. The molecule has 0 spiro atoms. The topological polar surface area (TPSA) is 56.1 Å². The highest BCUT2D eigenvalue weighted by atomic mass is 15.3. The van der Waals surface area contributed by atoms with E-state index < -0.39 is 0 Å². The second kappa shape index (κ2) is 7.96. The monoisotopic (exact) mass is 325 g/mol. The lowest BCUT2D eigenvalue weighted by Gasteiger charge is -2.50. The summed E-state index contributed by atoms with van der Waals surface area (Å²) in [4.78, 5) is 13.4. The van der Waals surface area contributed by atoms with Gasteiger partial charge in [0.1, 0.15) is 12.1 Å². The molecule has 0 aromatic carbocycles. The van der Waals surface area contributed by atoms with Crippen LogP contribution in [0.4, 0.5) is 5.82 Å². The van der Waals surface area contributed by atoms with E-state index in [-0.39, 0.29) is 0 Å². The first-order valence-corrected chi connectivity index (χ1v) is 8.54. The number of likely N-dealkylation sites (N-methyl/N-ethyl adjacent to an activating group) is 1. The fourth-order valence-corrected chi connectivity index (χ4v) is 3.25. The molecular formula is C19H27N5. The maximum atomic E-state index is 8.92. The molecule has 0 bridgehead atoms. The number of likely N-dealkylation sites (tertiary alicyclic amines) is 1. The molecule has 1 aliphatic heterocycles. The molecule has 0 aliphatic carbocycles. The molecule has 0 saturated carbocycles. The Balaban J connectivity index is 2.22. The van der Waals surface area contributed by atoms with Crippen LogP contribution in [-0.4, -0.2) is 40.5 Å². The van der Waals surface area contributed by atoms with E-state index in [2.05, 4.69) is 52.3 Å². The predicted octanol–water partition coefficient (Wildman–Crippen LogP) is 3.39. The average Bonchev–Trinajstić information content (AvgIpc) is 2.56. The van der Waals surface area contributed by atoms with Crippen molar-refractivity contribution in [2.24, 2.45) is 5.92 Å². The van der Waals surface area contributed by atoms with E-state index in [1.165, 1.54) is 0 Å². The van der Waals surface area contributed by atoms with Crippen molar-refractivity contribution in [3.8, 4) is 6.07 Å². The van der Waals surface area contributed by atoms with Crippen LogP contribution in [-0.2, 0) is 0 Å². The average molecular weight is 325 g/mol. The smallest absolute Gasteiger partial charge is 0.139 e. The summed E-state index contributed by atoms with van der Waals surface area (Å²) in [7, 11) is 0. The van der Waals surface area contributed by atoms with Gasteiger partial charge in [-0.15, -0.1) is 0 Å². The van der Waals surface area contributed by atoms with Crippen LogP contribution in [0.15, 0.2) is 24.7 Å². The molecule has 128 valence electrons. The highest BCUT2D eigenvalue weighted by Crippen LogP contribution is 2.31. The molecule has 24 heavy (non-hydrogen) atoms. The number of allylic oxidation sites excluding steroid dienone is 2. The fraction of sp³-hybridized carbons (Fsp3) is 0.526. The minimum absolute atomic E-state index is 0.375. The van der Waals surface area contributed by atoms with Crippen LogP contribution in [0.5, 0.6) is 0 Å². The Morgan fingerprint density at radius 1 is 1.54 bits per heavy atom. The molecule has 1 saturated heterocycles. The van der Waals surface area contributed by atoms with Gasteiger partial charge in [-0.2, -0.15) is 5.26 Å². The summed E-state index contributed by atoms with van der Waals surface area (Å²) in [5, 5.41) is 8.92. The minimum Gasteiger partial charge on any atom is -0.369 e. The zero-order valence-corrected chi connectivity index (χ0v) is 15.2. The van der Waals surface area contributed by atoms with Crippen LogP contribution < -0.4 is 4.90 Å². The fourth-order valence-electron chi connectivity index (χ4n) is 3.25. The van der Waals surface area contributed by atoms with Crippen molar-refractivity contribution in [2.45, 2.75) is 40.2 Å². The van der Waals surface area contributed by atoms with Gasteiger partial charge < -0.3 is 9.80 Å². The van der Waals surface area contributed by atoms with Gasteiger partial charge in [0.25, 0.3) is 0 Å². The Labute approximate surface area is 145 Å². The number of hydrogen-bond acceptors (Lipinski definition) is 5. The molecule has 0 amide bonds. The van der Waals surface area contributed by atoms with Crippen molar-refractivity contribution < 1.29 is 0 Å². The predicted molar refractivity (Wildman–Crippen MR) is 98.4 cm³/mol. The zero-order valence-electron chi connectivity index (χ0n) is 15.2. The summed E-state index contributed by atoms with van der Waals surface area (Å²) in [6, 6.07) is 2.57. The zero-order chi connectivity index (χ0) is 17.7. The third kappa shape index (κ3) is 3.59. The van der Waals surface area contributed by atoms with Gasteiger partial charge in [-0.05, 0) is 26.7 Å². The largest absolute Gasteiger partial charge is 0.369 e. The van der Waals surface area contributed by atoms with Crippen molar-refractivity contribution in [3.05, 3.63) is 35.9 Å². The molecular weight excluding hydrogens is 298 g/mol. The van der Waals surface area contributed by atoms with Gasteiger partial charge in [0.15, 0.2) is 0 Å². The van der Waals surface area contributed by atoms with Crippen molar-refractivity contribution in [1.82, 2.24) is 14.9 Å². The van der Waals surface area contributed by atoms with Gasteiger partial charge in [-0.1, -0.05) is 25.7 Å². The normalized spacial score (nSPS) is 19.9. The van der Waals surface area contributed by atoms with Crippen molar-refractivity contribution in [3.63, 3.8) is 0 Å². The second-order valence-electron chi connectivity index (χ2n) is 6.33. The molecule has 2 heterocycles. The van der Waals surface area contributed by atoms with Gasteiger partial charge in [0.2, 0.25) is 0 Å². The minimum atomic E-state index is 0.375. The highest BCUT2D eigenvalue weighted by Gasteiger charge is 2.37. The first-order chi connectivity index (χ1) is 11.5. The first-order valence-electron chi connectivity index (χ1n) is 8.54. The number of hydrogen-bond donors (Lipinski definition) is 0. The molecule has 1 aromatic heterocycles. The summed E-state index contributed by atoms with van der Waals surface area (Å²) in [5.41, 5.74) is 2.99. The van der Waals surface area contributed by atoms with E-state index in [1.807, 2.05) is 19.9 Å². The van der Waals surface area contributed by atoms with E-state index >= 15 is 0 Å². The van der Waals surface area contributed by atoms with E-state index in [1.54, 1.807) is 6.33 Å². The van der Waals surface area contributed by atoms with E-state index in [0.29, 0.717) is 18.4 Å². The molecule has 1 aromatic rings. The molecule has 1 aliphatic rings. The lowest BCUT2D eigenvalue weighted by Crippen LogP contribution is -2.59. The Kier molecular flexibility index (Phi) is 5.97. The quantitative estimate of drug-likeness (QED) is 0.769. The molecule has 2 rings (SSSR count). The van der Waals surface area contributed by atoms with Crippen LogP contribution in [0, 0.1) is 24.2 Å². The van der Waals surface area contributed by atoms with Crippen molar-refractivity contribution in [1.29, 1.82) is 5.26 Å². The van der Waals surface area contributed by atoms with E-state index in [0.717, 1.165) is 42.4 Å². The number of rotatable bonds is 7. The van der Waals surface area contributed by atoms with Crippen molar-refractivity contribution in [2.75, 3.05) is 24.5 Å². The molecule has 0 N–H and O–H groups in total. The van der Waals surface area contributed by atoms with Crippen LogP contribution >= 0.6 is 0 Å². The summed E-state index contributed by atoms with van der Waals surface area (Å²) >= 11 is 0. The highest BCUT2D eigenvalue weighted by molar-refractivity contribution is 5.65. The molecule has 5 nitrogen and oxygen atoms in total. The lowest BCUT2D eigenvalue weighted by atomic mass is 9.88. The lowest BCUT2D eigenvalue weighted by molar-refractivity contribution is 0.0656. The number of nitrogens with zero attached hydrogens (tertiary/aromatic N) is 5. The first kappa shape index (κ1) is 18.0. The van der Waals surface area contributed by atoms with Gasteiger partial charge in [-0.3, -0.25) is 0 Å². The van der Waals surface area contributed by atoms with Crippen LogP contribution in [0.3, 0.4) is 0 Å². The van der Waals surface area contributed by atoms with Crippen LogP contribution in [0.2, 0.25) is 0 Å². The number of anilines is 1. The van der Waals surface area contributed by atoms with Crippen molar-refractivity contribution >= 4 is 11.9 Å². The van der Waals surface area contributed by atoms with E-state index in [4.69, 9.17) is 5.26 Å². The second-order valence-corrected chi connectivity index (χ2v) is 6.33. The van der Waals surface area contributed by atoms with Gasteiger partial charge in [0.05, 0.1) is 24.2 Å². The molecule has 1 fully saturated rings. The number of aromatic nitrogens is 2. The Morgan fingerprint density at radius 2 is 2.29 bits per heavy atom. The summed E-state index contributed by atoms with van der Waals surface area (Å²) in [5.74, 6) is 1.57. The molecule has 2 atom stereocenters. The molecule has 1 unspecified atom stereocenters. The Bertz CT molecular complexity index is 658. The maximum Gasteiger partial charge on any atom is 0.139 e. The summed E-state index contributed by atoms with van der Waals surface area (Å²) < 4.78 is 0. The van der Waals surface area contributed by atoms with E-state index in [9.17, 15) is 0 Å². The van der Waals surface area contributed by atoms with Gasteiger partial charge in [0, 0.05) is 30.9 Å². The number of aryl methyl sites for hydroxylation is 1. The standard InChI is InChI=1S/C19H27N5/c1-6-8-17-16(5)21-13-22-19(17)23(7-2)12-18-14(3)11-24(18)15(4)9-10-20/h6,8,13-14,18H,4,7,9,11-12H2,1-3,5H3/b8-6-/t14-,18?/m0/s1. The maximum absolute atomic E-state index is 8.92. The number of nitriles is 1. The molecule has 5 heteroatoms.